The van der Waals surface area contributed by atoms with Crippen molar-refractivity contribution in [3.05, 3.63) is 47.1 Å². The van der Waals surface area contributed by atoms with Gasteiger partial charge in [-0.2, -0.15) is 0 Å². The van der Waals surface area contributed by atoms with Crippen LogP contribution in [0.15, 0.2) is 47.1 Å². The first kappa shape index (κ1) is 16.0. The molecule has 0 fully saturated rings. The van der Waals surface area contributed by atoms with Crippen LogP contribution in [0.5, 0.6) is 0 Å². The summed E-state index contributed by atoms with van der Waals surface area (Å²) >= 11 is 0. The van der Waals surface area contributed by atoms with E-state index in [1.807, 2.05) is 0 Å². The molecular formula is C17H28. The molecule has 0 saturated heterocycles. The molecule has 0 aliphatic heterocycles. The van der Waals surface area contributed by atoms with Gasteiger partial charge in [0.25, 0.3) is 0 Å². The zero-order valence-corrected chi connectivity index (χ0v) is 12.6. The molecule has 0 radical (unpaired) electrons. The Hall–Kier alpha value is -1.04. The minimum absolute atomic E-state index is 0.489. The highest BCUT2D eigenvalue weighted by Crippen LogP contribution is 2.26. The van der Waals surface area contributed by atoms with Crippen LogP contribution >= 0.6 is 0 Å². The van der Waals surface area contributed by atoms with Gasteiger partial charge in [0.1, 0.15) is 0 Å². The normalized spacial score (nSPS) is 14.8. The molecule has 96 valence electrons. The summed E-state index contributed by atoms with van der Waals surface area (Å²) < 4.78 is 0. The molecule has 0 heterocycles. The molecule has 0 saturated carbocycles. The van der Waals surface area contributed by atoms with Crippen LogP contribution in [0, 0.1) is 11.8 Å². The van der Waals surface area contributed by atoms with E-state index in [9.17, 15) is 0 Å². The molecule has 0 N–H and O–H groups in total. The molecule has 0 heteroatoms. The van der Waals surface area contributed by atoms with Gasteiger partial charge in [-0.15, -0.1) is 0 Å². The maximum atomic E-state index is 4.22. The van der Waals surface area contributed by atoms with Crippen molar-refractivity contribution in [3.8, 4) is 0 Å². The fourth-order valence-corrected chi connectivity index (χ4v) is 1.79. The van der Waals surface area contributed by atoms with Gasteiger partial charge in [0.2, 0.25) is 0 Å². The summed E-state index contributed by atoms with van der Waals surface area (Å²) in [6, 6.07) is 0. The minimum atomic E-state index is 0.489. The van der Waals surface area contributed by atoms with Gasteiger partial charge in [0, 0.05) is 0 Å². The average Bonchev–Trinajstić information content (AvgIpc) is 2.22. The summed E-state index contributed by atoms with van der Waals surface area (Å²) in [5, 5.41) is 0. The molecule has 0 bridgehead atoms. The molecule has 0 spiro atoms. The molecule has 0 unspecified atom stereocenters. The van der Waals surface area contributed by atoms with Crippen molar-refractivity contribution in [2.24, 2.45) is 11.8 Å². The van der Waals surface area contributed by atoms with Crippen LogP contribution in [-0.4, -0.2) is 0 Å². The largest absolute Gasteiger partial charge is 0.0950 e. The maximum absolute atomic E-state index is 4.22. The summed E-state index contributed by atoms with van der Waals surface area (Å²) in [6.07, 6.45) is 6.58. The van der Waals surface area contributed by atoms with E-state index in [1.165, 1.54) is 22.3 Å². The van der Waals surface area contributed by atoms with Crippen LogP contribution in [0.2, 0.25) is 0 Å². The van der Waals surface area contributed by atoms with Crippen LogP contribution in [0.4, 0.5) is 0 Å². The minimum Gasteiger partial charge on any atom is -0.0950 e. The summed E-state index contributed by atoms with van der Waals surface area (Å²) in [5.41, 5.74) is 5.21. The van der Waals surface area contributed by atoms with E-state index in [2.05, 4.69) is 73.3 Å². The topological polar surface area (TPSA) is 0 Å². The number of rotatable bonds is 5. The van der Waals surface area contributed by atoms with E-state index in [0.29, 0.717) is 11.8 Å². The highest BCUT2D eigenvalue weighted by atomic mass is 14.1. The molecule has 0 rings (SSSR count). The Kier molecular flexibility index (Phi) is 6.87. The van der Waals surface area contributed by atoms with Gasteiger partial charge in [-0.3, -0.25) is 0 Å². The quantitative estimate of drug-likeness (QED) is 0.534. The number of hydrogen-bond donors (Lipinski definition) is 0. The maximum Gasteiger partial charge on any atom is -0.0199 e. The van der Waals surface area contributed by atoms with Gasteiger partial charge in [0.05, 0.1) is 0 Å². The lowest BCUT2D eigenvalue weighted by molar-refractivity contribution is 0.783. The van der Waals surface area contributed by atoms with Crippen LogP contribution in [-0.2, 0) is 0 Å². The zero-order chi connectivity index (χ0) is 13.6. The third kappa shape index (κ3) is 5.21. The summed E-state index contributed by atoms with van der Waals surface area (Å²) in [4.78, 5) is 0. The van der Waals surface area contributed by atoms with Crippen molar-refractivity contribution in [3.63, 3.8) is 0 Å². The lowest BCUT2D eigenvalue weighted by Gasteiger charge is -2.16. The van der Waals surface area contributed by atoms with E-state index < -0.39 is 0 Å². The highest BCUT2D eigenvalue weighted by Gasteiger charge is 2.09. The lowest BCUT2D eigenvalue weighted by atomic mass is 9.90. The molecule has 0 aromatic carbocycles. The lowest BCUT2D eigenvalue weighted by Crippen LogP contribution is -1.99. The Labute approximate surface area is 108 Å². The predicted molar refractivity (Wildman–Crippen MR) is 80.1 cm³/mol. The van der Waals surface area contributed by atoms with Crippen molar-refractivity contribution in [1.29, 1.82) is 0 Å². The zero-order valence-electron chi connectivity index (χ0n) is 12.6. The highest BCUT2D eigenvalue weighted by molar-refractivity contribution is 5.48. The van der Waals surface area contributed by atoms with E-state index in [4.69, 9.17) is 0 Å². The Balaban J connectivity index is 5.49. The van der Waals surface area contributed by atoms with Gasteiger partial charge in [0.15, 0.2) is 0 Å². The first-order chi connectivity index (χ1) is 7.81. The molecule has 0 amide bonds. The molecule has 0 aromatic rings. The van der Waals surface area contributed by atoms with Crippen molar-refractivity contribution in [2.45, 2.75) is 48.5 Å². The molecule has 0 atom stereocenters. The third-order valence-corrected chi connectivity index (χ3v) is 2.96. The van der Waals surface area contributed by atoms with E-state index >= 15 is 0 Å². The Bertz CT molecular complexity index is 346. The van der Waals surface area contributed by atoms with Crippen LogP contribution in [0.3, 0.4) is 0 Å². The number of allylic oxidation sites excluding steroid dienone is 7. The summed E-state index contributed by atoms with van der Waals surface area (Å²) in [5.74, 6) is 1.08. The molecule has 0 aromatic heterocycles. The monoisotopic (exact) mass is 232 g/mol. The second kappa shape index (κ2) is 7.32. The SMILES string of the molecule is C=C(C(C=CC)=C(C)C(C)=CC(C)C)C(C)C. The van der Waals surface area contributed by atoms with Crippen molar-refractivity contribution < 1.29 is 0 Å². The van der Waals surface area contributed by atoms with Gasteiger partial charge < -0.3 is 0 Å². The van der Waals surface area contributed by atoms with E-state index in [-0.39, 0.29) is 0 Å². The molecule has 0 aliphatic carbocycles. The Morgan fingerprint density at radius 2 is 1.59 bits per heavy atom. The van der Waals surface area contributed by atoms with Crippen LogP contribution < -0.4 is 0 Å². The van der Waals surface area contributed by atoms with Crippen LogP contribution in [0.25, 0.3) is 0 Å². The van der Waals surface area contributed by atoms with E-state index in [1.54, 1.807) is 0 Å². The summed E-state index contributed by atoms with van der Waals surface area (Å²) in [6.45, 7) is 19.5. The van der Waals surface area contributed by atoms with Crippen molar-refractivity contribution in [1.82, 2.24) is 0 Å². The fraction of sp³-hybridized carbons (Fsp3) is 0.529. The Morgan fingerprint density at radius 1 is 1.06 bits per heavy atom. The van der Waals surface area contributed by atoms with Gasteiger partial charge in [-0.25, -0.2) is 0 Å². The smallest absolute Gasteiger partial charge is 0.0199 e. The molecule has 0 nitrogen and oxygen atoms in total. The van der Waals surface area contributed by atoms with Gasteiger partial charge in [-0.1, -0.05) is 58.1 Å². The Morgan fingerprint density at radius 3 is 1.94 bits per heavy atom. The molecular weight excluding hydrogens is 204 g/mol. The fourth-order valence-electron chi connectivity index (χ4n) is 1.79. The average molecular weight is 232 g/mol. The first-order valence-corrected chi connectivity index (χ1v) is 6.52. The second-order valence-electron chi connectivity index (χ2n) is 5.31. The van der Waals surface area contributed by atoms with Gasteiger partial charge in [-0.05, 0) is 49.3 Å². The first-order valence-electron chi connectivity index (χ1n) is 6.52. The van der Waals surface area contributed by atoms with Crippen LogP contribution in [0.1, 0.15) is 48.5 Å². The van der Waals surface area contributed by atoms with E-state index in [0.717, 1.165) is 0 Å². The number of hydrogen-bond acceptors (Lipinski definition) is 0. The van der Waals surface area contributed by atoms with Crippen molar-refractivity contribution in [2.75, 3.05) is 0 Å². The van der Waals surface area contributed by atoms with Crippen molar-refractivity contribution >= 4 is 0 Å². The third-order valence-electron chi connectivity index (χ3n) is 2.96. The predicted octanol–water partition coefficient (Wildman–Crippen LogP) is 5.69. The standard InChI is InChI=1S/C17H28/c1-9-10-17(15(7)13(4)5)16(8)14(6)11-12(2)3/h9-13H,7H2,1-6,8H3. The molecule has 0 aliphatic rings. The molecule has 17 heavy (non-hydrogen) atoms. The second-order valence-corrected chi connectivity index (χ2v) is 5.31. The van der Waals surface area contributed by atoms with Gasteiger partial charge >= 0.3 is 0 Å². The summed E-state index contributed by atoms with van der Waals surface area (Å²) in [7, 11) is 0.